The number of carboxylic acids is 1. The Morgan fingerprint density at radius 2 is 1.95 bits per heavy atom. The summed E-state index contributed by atoms with van der Waals surface area (Å²) in [5.74, 6) is -0.203. The molecule has 2 aromatic carbocycles. The van der Waals surface area contributed by atoms with Gasteiger partial charge >= 0.3 is 0 Å². The molecule has 114 valence electrons. The summed E-state index contributed by atoms with van der Waals surface area (Å²) in [5, 5.41) is 10.7. The second-order valence-corrected chi connectivity index (χ2v) is 5.59. The predicted molar refractivity (Wildman–Crippen MR) is 86.2 cm³/mol. The van der Waals surface area contributed by atoms with Gasteiger partial charge in [-0.3, -0.25) is 4.79 Å². The molecule has 0 aliphatic heterocycles. The number of carbonyl (C=O) groups is 2. The molecular formula is C16H12IO5-. The van der Waals surface area contributed by atoms with Crippen LogP contribution in [0.3, 0.4) is 0 Å². The lowest BCUT2D eigenvalue weighted by Gasteiger charge is -2.13. The SMILES string of the molecule is COc1cc(C=O)cc(I)c1OCc1ccc(C(=O)[O-])cc1. The van der Waals surface area contributed by atoms with Crippen molar-refractivity contribution in [1.29, 1.82) is 0 Å². The second kappa shape index (κ2) is 7.26. The predicted octanol–water partition coefficient (Wildman–Crippen LogP) is 2.05. The highest BCUT2D eigenvalue weighted by molar-refractivity contribution is 14.1. The fourth-order valence-corrected chi connectivity index (χ4v) is 2.62. The van der Waals surface area contributed by atoms with E-state index in [9.17, 15) is 14.7 Å². The molecule has 22 heavy (non-hydrogen) atoms. The van der Waals surface area contributed by atoms with Crippen molar-refractivity contribution in [1.82, 2.24) is 0 Å². The third-order valence-corrected chi connectivity index (χ3v) is 3.76. The monoisotopic (exact) mass is 411 g/mol. The summed E-state index contributed by atoms with van der Waals surface area (Å²) in [6.07, 6.45) is 0.743. The zero-order chi connectivity index (χ0) is 16.1. The molecule has 0 amide bonds. The van der Waals surface area contributed by atoms with Crippen LogP contribution >= 0.6 is 22.6 Å². The van der Waals surface area contributed by atoms with Crippen LogP contribution in [-0.2, 0) is 6.61 Å². The summed E-state index contributed by atoms with van der Waals surface area (Å²) in [4.78, 5) is 21.5. The molecule has 0 unspecified atom stereocenters. The molecule has 0 fully saturated rings. The van der Waals surface area contributed by atoms with Gasteiger partial charge in [0, 0.05) is 5.56 Å². The van der Waals surface area contributed by atoms with Crippen molar-refractivity contribution in [2.75, 3.05) is 7.11 Å². The summed E-state index contributed by atoms with van der Waals surface area (Å²) < 4.78 is 11.7. The average molecular weight is 411 g/mol. The van der Waals surface area contributed by atoms with Gasteiger partial charge in [-0.15, -0.1) is 0 Å². The third-order valence-electron chi connectivity index (χ3n) is 2.96. The minimum absolute atomic E-state index is 0.117. The van der Waals surface area contributed by atoms with Crippen LogP contribution in [-0.4, -0.2) is 19.4 Å². The number of hydrogen-bond donors (Lipinski definition) is 0. The van der Waals surface area contributed by atoms with Crippen LogP contribution in [0, 0.1) is 3.57 Å². The summed E-state index contributed by atoms with van der Waals surface area (Å²) in [6, 6.07) is 9.54. The maximum atomic E-state index is 10.9. The molecule has 6 heteroatoms. The standard InChI is InChI=1S/C16H13IO5/c1-21-14-7-11(8-18)6-13(17)15(14)22-9-10-2-4-12(5-3-10)16(19)20/h2-8H,9H2,1H3,(H,19,20)/p-1. The number of aromatic carboxylic acids is 1. The number of benzene rings is 2. The maximum Gasteiger partial charge on any atom is 0.174 e. The molecule has 0 saturated heterocycles. The van der Waals surface area contributed by atoms with E-state index in [1.54, 1.807) is 24.3 Å². The van der Waals surface area contributed by atoms with Gasteiger partial charge in [-0.25, -0.2) is 0 Å². The quantitative estimate of drug-likeness (QED) is 0.538. The van der Waals surface area contributed by atoms with Crippen LogP contribution in [0.2, 0.25) is 0 Å². The summed E-state index contributed by atoms with van der Waals surface area (Å²) in [6.45, 7) is 0.250. The molecule has 5 nitrogen and oxygen atoms in total. The minimum atomic E-state index is -1.21. The third kappa shape index (κ3) is 3.76. The molecular weight excluding hydrogens is 399 g/mol. The fraction of sp³-hybridized carbons (Fsp3) is 0.125. The average Bonchev–Trinajstić information content (AvgIpc) is 2.53. The van der Waals surface area contributed by atoms with Crippen molar-refractivity contribution < 1.29 is 24.2 Å². The Balaban J connectivity index is 2.17. The lowest BCUT2D eigenvalue weighted by Crippen LogP contribution is -2.22. The largest absolute Gasteiger partial charge is 0.545 e. The first-order chi connectivity index (χ1) is 10.5. The summed E-state index contributed by atoms with van der Waals surface area (Å²) >= 11 is 2.07. The van der Waals surface area contributed by atoms with Crippen LogP contribution in [0.4, 0.5) is 0 Å². The zero-order valence-electron chi connectivity index (χ0n) is 11.7. The van der Waals surface area contributed by atoms with Gasteiger partial charge in [0.25, 0.3) is 0 Å². The topological polar surface area (TPSA) is 75.7 Å². The van der Waals surface area contributed by atoms with E-state index in [4.69, 9.17) is 9.47 Å². The van der Waals surface area contributed by atoms with Crippen molar-refractivity contribution in [3.8, 4) is 11.5 Å². The molecule has 2 aromatic rings. The molecule has 0 bridgehead atoms. The molecule has 0 aliphatic carbocycles. The van der Waals surface area contributed by atoms with E-state index < -0.39 is 5.97 Å². The van der Waals surface area contributed by atoms with Crippen LogP contribution in [0.1, 0.15) is 26.3 Å². The first-order valence-electron chi connectivity index (χ1n) is 6.31. The van der Waals surface area contributed by atoms with E-state index >= 15 is 0 Å². The van der Waals surface area contributed by atoms with Gasteiger partial charge in [-0.05, 0) is 45.9 Å². The molecule has 2 rings (SSSR count). The number of ether oxygens (including phenoxy) is 2. The number of hydrogen-bond acceptors (Lipinski definition) is 5. The molecule has 0 heterocycles. The molecule has 0 aliphatic rings. The van der Waals surface area contributed by atoms with E-state index in [-0.39, 0.29) is 12.2 Å². The van der Waals surface area contributed by atoms with Crippen LogP contribution in [0.15, 0.2) is 36.4 Å². The first kappa shape index (κ1) is 16.3. The van der Waals surface area contributed by atoms with Crippen molar-refractivity contribution >= 4 is 34.8 Å². The highest BCUT2D eigenvalue weighted by atomic mass is 127. The Kier molecular flexibility index (Phi) is 5.37. The first-order valence-corrected chi connectivity index (χ1v) is 7.39. The van der Waals surface area contributed by atoms with E-state index in [2.05, 4.69) is 22.6 Å². The minimum Gasteiger partial charge on any atom is -0.545 e. The van der Waals surface area contributed by atoms with Crippen LogP contribution < -0.4 is 14.6 Å². The normalized spacial score (nSPS) is 10.1. The molecule has 0 atom stereocenters. The number of aldehydes is 1. The van der Waals surface area contributed by atoms with Gasteiger partial charge in [0.2, 0.25) is 0 Å². The van der Waals surface area contributed by atoms with Crippen molar-refractivity contribution in [3.63, 3.8) is 0 Å². The van der Waals surface area contributed by atoms with E-state index in [1.165, 1.54) is 19.2 Å². The molecule has 0 aromatic heterocycles. The van der Waals surface area contributed by atoms with E-state index in [0.717, 1.165) is 15.4 Å². The van der Waals surface area contributed by atoms with Crippen LogP contribution in [0.25, 0.3) is 0 Å². The van der Waals surface area contributed by atoms with Gasteiger partial charge < -0.3 is 19.4 Å². The van der Waals surface area contributed by atoms with Crippen molar-refractivity contribution in [3.05, 3.63) is 56.7 Å². The summed E-state index contributed by atoms with van der Waals surface area (Å²) in [5.41, 5.74) is 1.43. The highest BCUT2D eigenvalue weighted by Crippen LogP contribution is 2.34. The zero-order valence-corrected chi connectivity index (χ0v) is 13.8. The second-order valence-electron chi connectivity index (χ2n) is 4.43. The van der Waals surface area contributed by atoms with Crippen LogP contribution in [0.5, 0.6) is 11.5 Å². The Bertz CT molecular complexity index is 694. The number of carbonyl (C=O) groups excluding carboxylic acids is 2. The molecule has 0 spiro atoms. The summed E-state index contributed by atoms with van der Waals surface area (Å²) in [7, 11) is 1.50. The Hall–Kier alpha value is -2.09. The van der Waals surface area contributed by atoms with Crippen molar-refractivity contribution in [2.24, 2.45) is 0 Å². The Morgan fingerprint density at radius 1 is 1.27 bits per heavy atom. The number of methoxy groups -OCH3 is 1. The maximum absolute atomic E-state index is 10.9. The van der Waals surface area contributed by atoms with Gasteiger partial charge in [-0.1, -0.05) is 24.3 Å². The molecule has 0 N–H and O–H groups in total. The molecule has 0 saturated carbocycles. The number of rotatable bonds is 6. The Labute approximate surface area is 141 Å². The number of carboxylic acid groups (broad SMARTS) is 1. The van der Waals surface area contributed by atoms with Gasteiger partial charge in [0.05, 0.1) is 16.6 Å². The molecule has 0 radical (unpaired) electrons. The van der Waals surface area contributed by atoms with E-state index in [0.29, 0.717) is 17.1 Å². The lowest BCUT2D eigenvalue weighted by molar-refractivity contribution is -0.255. The highest BCUT2D eigenvalue weighted by Gasteiger charge is 2.11. The van der Waals surface area contributed by atoms with Gasteiger partial charge in [0.15, 0.2) is 11.5 Å². The van der Waals surface area contributed by atoms with Gasteiger partial charge in [-0.2, -0.15) is 0 Å². The Morgan fingerprint density at radius 3 is 2.50 bits per heavy atom. The van der Waals surface area contributed by atoms with Crippen molar-refractivity contribution in [2.45, 2.75) is 6.61 Å². The van der Waals surface area contributed by atoms with Gasteiger partial charge in [0.1, 0.15) is 12.9 Å². The fourth-order valence-electron chi connectivity index (χ4n) is 1.84. The smallest absolute Gasteiger partial charge is 0.174 e. The van der Waals surface area contributed by atoms with E-state index in [1.807, 2.05) is 0 Å². The number of halogens is 1. The lowest BCUT2D eigenvalue weighted by atomic mass is 10.1.